The summed E-state index contributed by atoms with van der Waals surface area (Å²) in [4.78, 5) is 7.35. The van der Waals surface area contributed by atoms with Crippen LogP contribution in [0.1, 0.15) is 48.9 Å². The van der Waals surface area contributed by atoms with Gasteiger partial charge < -0.3 is 20.5 Å². The van der Waals surface area contributed by atoms with Crippen molar-refractivity contribution >= 4 is 5.96 Å². The lowest BCUT2D eigenvalue weighted by Gasteiger charge is -2.35. The lowest BCUT2D eigenvalue weighted by molar-refractivity contribution is 0.164. The Labute approximate surface area is 186 Å². The Hall–Kier alpha value is -2.57. The second-order valence-corrected chi connectivity index (χ2v) is 7.89. The zero-order valence-corrected chi connectivity index (χ0v) is 18.8. The number of aliphatic hydroxyl groups is 1. The Balaban J connectivity index is 1.73. The molecule has 168 valence electrons. The third kappa shape index (κ3) is 6.71. The topological polar surface area (TPSA) is 69.1 Å². The number of methoxy groups -OCH3 is 1. The molecule has 0 aliphatic carbocycles. The first-order valence-electron chi connectivity index (χ1n) is 11.3. The summed E-state index contributed by atoms with van der Waals surface area (Å²) in [7, 11) is 1.70. The summed E-state index contributed by atoms with van der Waals surface area (Å²) in [5.41, 5.74) is 3.26. The number of aliphatic imine (C=N–C) groups is 1. The van der Waals surface area contributed by atoms with Gasteiger partial charge in [0.05, 0.1) is 26.3 Å². The van der Waals surface area contributed by atoms with Crippen molar-refractivity contribution in [3.05, 3.63) is 65.2 Å². The number of hydrogen-bond acceptors (Lipinski definition) is 4. The standard InChI is InChI=1S/C25H36N4O2/c1-3-26-25(27-17-21-9-5-6-10-22(21)19-30)28-18-24(29-15-7-4-8-16-29)20-11-13-23(31-2)14-12-20/h5-6,9-14,24,30H,3-4,7-8,15-19H2,1-2H3,(H2,26,27,28). The van der Waals surface area contributed by atoms with Crippen molar-refractivity contribution in [2.45, 2.75) is 45.4 Å². The Morgan fingerprint density at radius 2 is 1.74 bits per heavy atom. The van der Waals surface area contributed by atoms with E-state index in [9.17, 15) is 5.11 Å². The normalized spacial score (nSPS) is 16.0. The quantitative estimate of drug-likeness (QED) is 0.425. The molecule has 1 aliphatic heterocycles. The van der Waals surface area contributed by atoms with Crippen LogP contribution >= 0.6 is 0 Å². The van der Waals surface area contributed by atoms with Gasteiger partial charge in [-0.2, -0.15) is 0 Å². The molecule has 0 radical (unpaired) electrons. The highest BCUT2D eigenvalue weighted by Gasteiger charge is 2.22. The SMILES string of the molecule is CCNC(=NCc1ccccc1CO)NCC(c1ccc(OC)cc1)N1CCCCC1. The number of likely N-dealkylation sites (tertiary alicyclic amines) is 1. The summed E-state index contributed by atoms with van der Waals surface area (Å²) < 4.78 is 5.34. The van der Waals surface area contributed by atoms with Gasteiger partial charge in [-0.1, -0.05) is 42.8 Å². The maximum absolute atomic E-state index is 9.58. The number of nitrogens with one attached hydrogen (secondary N) is 2. The van der Waals surface area contributed by atoms with Crippen LogP contribution in [0.5, 0.6) is 5.75 Å². The molecule has 1 unspecified atom stereocenters. The van der Waals surface area contributed by atoms with Gasteiger partial charge in [-0.25, -0.2) is 4.99 Å². The van der Waals surface area contributed by atoms with Gasteiger partial charge in [0.2, 0.25) is 0 Å². The van der Waals surface area contributed by atoms with Crippen LogP contribution in [0.3, 0.4) is 0 Å². The van der Waals surface area contributed by atoms with Crippen LogP contribution < -0.4 is 15.4 Å². The van der Waals surface area contributed by atoms with Crippen molar-refractivity contribution in [1.29, 1.82) is 0 Å². The fourth-order valence-corrected chi connectivity index (χ4v) is 4.08. The first-order chi connectivity index (χ1) is 15.2. The molecular formula is C25H36N4O2. The molecule has 0 saturated carbocycles. The Bertz CT molecular complexity index is 817. The van der Waals surface area contributed by atoms with E-state index in [1.165, 1.54) is 24.8 Å². The van der Waals surface area contributed by atoms with E-state index in [2.05, 4.69) is 34.6 Å². The number of piperidine rings is 1. The predicted molar refractivity (Wildman–Crippen MR) is 126 cm³/mol. The van der Waals surface area contributed by atoms with Crippen molar-refractivity contribution < 1.29 is 9.84 Å². The van der Waals surface area contributed by atoms with Crippen LogP contribution in [-0.2, 0) is 13.2 Å². The van der Waals surface area contributed by atoms with Gasteiger partial charge in [0.1, 0.15) is 5.75 Å². The number of benzene rings is 2. The maximum Gasteiger partial charge on any atom is 0.191 e. The minimum absolute atomic E-state index is 0.0319. The van der Waals surface area contributed by atoms with Gasteiger partial charge in [0, 0.05) is 13.1 Å². The van der Waals surface area contributed by atoms with E-state index in [1.807, 2.05) is 36.4 Å². The molecule has 6 heteroatoms. The largest absolute Gasteiger partial charge is 0.497 e. The first-order valence-corrected chi connectivity index (χ1v) is 11.3. The van der Waals surface area contributed by atoms with E-state index in [0.29, 0.717) is 6.54 Å². The van der Waals surface area contributed by atoms with E-state index in [4.69, 9.17) is 9.73 Å². The smallest absolute Gasteiger partial charge is 0.191 e. The zero-order valence-electron chi connectivity index (χ0n) is 18.8. The summed E-state index contributed by atoms with van der Waals surface area (Å²) in [5, 5.41) is 16.5. The van der Waals surface area contributed by atoms with Crippen LogP contribution in [0.4, 0.5) is 0 Å². The fraction of sp³-hybridized carbons (Fsp3) is 0.480. The van der Waals surface area contributed by atoms with E-state index in [1.54, 1.807) is 7.11 Å². The number of ether oxygens (including phenoxy) is 1. The monoisotopic (exact) mass is 424 g/mol. The van der Waals surface area contributed by atoms with E-state index >= 15 is 0 Å². The second kappa shape index (κ2) is 12.3. The third-order valence-electron chi connectivity index (χ3n) is 5.84. The molecule has 0 amide bonds. The molecule has 2 aromatic rings. The third-order valence-corrected chi connectivity index (χ3v) is 5.84. The minimum atomic E-state index is 0.0319. The highest BCUT2D eigenvalue weighted by atomic mass is 16.5. The zero-order chi connectivity index (χ0) is 21.9. The van der Waals surface area contributed by atoms with Gasteiger partial charge in [0.15, 0.2) is 5.96 Å². The van der Waals surface area contributed by atoms with Gasteiger partial charge in [-0.05, 0) is 61.7 Å². The predicted octanol–water partition coefficient (Wildman–Crippen LogP) is 3.47. The lowest BCUT2D eigenvalue weighted by atomic mass is 10.0. The van der Waals surface area contributed by atoms with E-state index in [-0.39, 0.29) is 12.6 Å². The van der Waals surface area contributed by atoms with Crippen LogP contribution in [-0.4, -0.2) is 49.3 Å². The van der Waals surface area contributed by atoms with Crippen molar-refractivity contribution in [2.75, 3.05) is 33.3 Å². The molecule has 1 saturated heterocycles. The first kappa shape index (κ1) is 23.1. The number of hydrogen-bond donors (Lipinski definition) is 3. The van der Waals surface area contributed by atoms with Crippen molar-refractivity contribution in [3.8, 4) is 5.75 Å². The summed E-state index contributed by atoms with van der Waals surface area (Å²) in [6.07, 6.45) is 3.81. The highest BCUT2D eigenvalue weighted by molar-refractivity contribution is 5.79. The lowest BCUT2D eigenvalue weighted by Crippen LogP contribution is -2.44. The number of nitrogens with zero attached hydrogens (tertiary/aromatic N) is 2. The Morgan fingerprint density at radius 3 is 2.39 bits per heavy atom. The number of aliphatic hydroxyl groups excluding tert-OH is 1. The molecule has 0 aromatic heterocycles. The molecular weight excluding hydrogens is 388 g/mol. The van der Waals surface area contributed by atoms with E-state index < -0.39 is 0 Å². The molecule has 3 N–H and O–H groups in total. The summed E-state index contributed by atoms with van der Waals surface area (Å²) in [6, 6.07) is 16.6. The van der Waals surface area contributed by atoms with E-state index in [0.717, 1.165) is 49.0 Å². The molecule has 0 spiro atoms. The van der Waals surface area contributed by atoms with Gasteiger partial charge in [-0.15, -0.1) is 0 Å². The van der Waals surface area contributed by atoms with Gasteiger partial charge in [0.25, 0.3) is 0 Å². The van der Waals surface area contributed by atoms with Crippen LogP contribution in [0.15, 0.2) is 53.5 Å². The Morgan fingerprint density at radius 1 is 1.03 bits per heavy atom. The molecule has 1 heterocycles. The van der Waals surface area contributed by atoms with Crippen LogP contribution in [0.25, 0.3) is 0 Å². The molecule has 0 bridgehead atoms. The number of rotatable bonds is 9. The molecule has 1 aliphatic rings. The maximum atomic E-state index is 9.58. The fourth-order valence-electron chi connectivity index (χ4n) is 4.08. The summed E-state index contributed by atoms with van der Waals surface area (Å²) in [5.74, 6) is 1.68. The molecule has 6 nitrogen and oxygen atoms in total. The van der Waals surface area contributed by atoms with Crippen LogP contribution in [0.2, 0.25) is 0 Å². The highest BCUT2D eigenvalue weighted by Crippen LogP contribution is 2.26. The Kier molecular flexibility index (Phi) is 9.18. The minimum Gasteiger partial charge on any atom is -0.497 e. The summed E-state index contributed by atoms with van der Waals surface area (Å²) in [6.45, 7) is 6.45. The van der Waals surface area contributed by atoms with Crippen molar-refractivity contribution in [2.24, 2.45) is 4.99 Å². The van der Waals surface area contributed by atoms with Crippen LogP contribution in [0, 0.1) is 0 Å². The van der Waals surface area contributed by atoms with Crippen molar-refractivity contribution in [1.82, 2.24) is 15.5 Å². The molecule has 1 atom stereocenters. The van der Waals surface area contributed by atoms with Gasteiger partial charge >= 0.3 is 0 Å². The molecule has 1 fully saturated rings. The molecule has 2 aromatic carbocycles. The van der Waals surface area contributed by atoms with Gasteiger partial charge in [-0.3, -0.25) is 4.90 Å². The average Bonchev–Trinajstić information content (AvgIpc) is 2.83. The second-order valence-electron chi connectivity index (χ2n) is 7.89. The number of guanidine groups is 1. The van der Waals surface area contributed by atoms with Crippen molar-refractivity contribution in [3.63, 3.8) is 0 Å². The molecule has 3 rings (SSSR count). The summed E-state index contributed by atoms with van der Waals surface area (Å²) >= 11 is 0. The molecule has 31 heavy (non-hydrogen) atoms. The average molecular weight is 425 g/mol.